The molecule has 1 rings (SSSR count). The number of hydrogen-bond acceptors (Lipinski definition) is 0. The van der Waals surface area contributed by atoms with E-state index in [1.165, 1.54) is 35.6 Å². The van der Waals surface area contributed by atoms with Crippen molar-refractivity contribution < 1.29 is 16.3 Å². The van der Waals surface area contributed by atoms with Gasteiger partial charge in [-0.15, -0.1) is 12.8 Å². The van der Waals surface area contributed by atoms with Crippen molar-refractivity contribution in [1.82, 2.24) is 0 Å². The molecule has 0 nitrogen and oxygen atoms in total. The van der Waals surface area contributed by atoms with Crippen LogP contribution < -0.4 is 0 Å². The predicted octanol–water partition coefficient (Wildman–Crippen LogP) is 2.77. The van der Waals surface area contributed by atoms with Crippen LogP contribution in [0.5, 0.6) is 0 Å². The van der Waals surface area contributed by atoms with Gasteiger partial charge in [0.2, 0.25) is 0 Å². The van der Waals surface area contributed by atoms with Gasteiger partial charge in [-0.05, 0) is 0 Å². The van der Waals surface area contributed by atoms with E-state index in [1.807, 2.05) is 0 Å². The Morgan fingerprint density at radius 1 is 1.50 bits per heavy atom. The summed E-state index contributed by atoms with van der Waals surface area (Å²) in [6, 6.07) is 0. The van der Waals surface area contributed by atoms with E-state index in [-0.39, 0.29) is 0 Å². The molecule has 8 heavy (non-hydrogen) atoms. The van der Waals surface area contributed by atoms with Gasteiger partial charge in [-0.25, -0.2) is 18.6 Å². The molecule has 0 bridgehead atoms. The maximum absolute atomic E-state index is 3.06. The first kappa shape index (κ1) is 8.71. The van der Waals surface area contributed by atoms with Crippen LogP contribution in [0.1, 0.15) is 19.3 Å². The Labute approximate surface area is 67.8 Å². The van der Waals surface area contributed by atoms with Gasteiger partial charge in [0.05, 0.1) is 0 Å². The van der Waals surface area contributed by atoms with Crippen molar-refractivity contribution >= 4 is 13.6 Å². The van der Waals surface area contributed by atoms with E-state index in [1.54, 1.807) is 0 Å². The van der Waals surface area contributed by atoms with E-state index >= 15 is 0 Å². The van der Waals surface area contributed by atoms with Crippen LogP contribution in [0, 0.1) is 6.42 Å². The number of rotatable bonds is 0. The van der Waals surface area contributed by atoms with Crippen LogP contribution >= 0.6 is 13.6 Å². The van der Waals surface area contributed by atoms with Crippen molar-refractivity contribution in [3.63, 3.8) is 0 Å². The van der Waals surface area contributed by atoms with Crippen molar-refractivity contribution in [2.45, 2.75) is 19.3 Å². The minimum absolute atomic E-state index is 1.19. The van der Waals surface area contributed by atoms with Gasteiger partial charge >= 0.3 is 30.0 Å². The summed E-state index contributed by atoms with van der Waals surface area (Å²) in [5, 5.41) is 0. The van der Waals surface area contributed by atoms with Crippen LogP contribution in [-0.2, 0) is 16.3 Å². The summed E-state index contributed by atoms with van der Waals surface area (Å²) >= 11 is 4.25. The summed E-state index contributed by atoms with van der Waals surface area (Å²) in [6.45, 7) is 0. The fourth-order valence-corrected chi connectivity index (χ4v) is 0.642. The van der Waals surface area contributed by atoms with Gasteiger partial charge in [-0.3, -0.25) is 0 Å². The van der Waals surface area contributed by atoms with Crippen LogP contribution in [0.4, 0.5) is 0 Å². The fourth-order valence-electron chi connectivity index (χ4n) is 0.642. The molecule has 1 aliphatic rings. The molecule has 0 saturated heterocycles. The Morgan fingerprint density at radius 3 is 2.38 bits per heavy atom. The molecule has 0 atom stereocenters. The predicted molar refractivity (Wildman–Crippen MR) is 36.2 cm³/mol. The Hall–Kier alpha value is 0.713. The van der Waals surface area contributed by atoms with Gasteiger partial charge in [0.25, 0.3) is 0 Å². The van der Waals surface area contributed by atoms with Crippen LogP contribution in [-0.4, -0.2) is 0 Å². The van der Waals surface area contributed by atoms with E-state index in [2.05, 4.69) is 32.2 Å². The first-order valence-corrected chi connectivity index (χ1v) is 9.70. The first-order chi connectivity index (χ1) is 4.00. The quantitative estimate of drug-likeness (QED) is 0.440. The molecule has 0 saturated carbocycles. The molecule has 0 aromatic carbocycles. The molecule has 0 radical (unpaired) electrons. The molecular formula is C6H9BrZn. The first-order valence-electron chi connectivity index (χ1n) is 2.75. The second-order valence-corrected chi connectivity index (χ2v) is 1.59. The molecule has 0 heterocycles. The van der Waals surface area contributed by atoms with Crippen LogP contribution in [0.15, 0.2) is 12.2 Å². The summed E-state index contributed by atoms with van der Waals surface area (Å²) in [7, 11) is 0. The SMILES string of the molecule is C1=CCCC[CH-]1.[Zn+][Br]. The molecule has 0 amide bonds. The molecule has 0 aromatic rings. The third-order valence-electron chi connectivity index (χ3n) is 1.01. The van der Waals surface area contributed by atoms with Gasteiger partial charge in [0.1, 0.15) is 0 Å². The molecular weight excluding hydrogens is 217 g/mol. The fraction of sp³-hybridized carbons (Fsp3) is 0.500. The molecule has 0 aliphatic heterocycles. The molecule has 42 valence electrons. The molecule has 0 aromatic heterocycles. The van der Waals surface area contributed by atoms with Gasteiger partial charge in [0.15, 0.2) is 0 Å². The average molecular weight is 226 g/mol. The van der Waals surface area contributed by atoms with Gasteiger partial charge < -0.3 is 0 Å². The van der Waals surface area contributed by atoms with Crippen molar-refractivity contribution in [2.24, 2.45) is 0 Å². The summed E-state index contributed by atoms with van der Waals surface area (Å²) in [6.07, 6.45) is 10.5. The molecule has 0 spiro atoms. The topological polar surface area (TPSA) is 0 Å². The van der Waals surface area contributed by atoms with E-state index < -0.39 is 0 Å². The Bertz CT molecular complexity index is 53.5. The summed E-state index contributed by atoms with van der Waals surface area (Å²) < 4.78 is 0. The van der Waals surface area contributed by atoms with E-state index in [9.17, 15) is 0 Å². The molecule has 0 N–H and O–H groups in total. The molecule has 2 heteroatoms. The zero-order valence-corrected chi connectivity index (χ0v) is 9.49. The van der Waals surface area contributed by atoms with Gasteiger partial charge in [-0.1, -0.05) is 6.42 Å². The number of allylic oxidation sites excluding steroid dienone is 2. The zero-order valence-electron chi connectivity index (χ0n) is 4.94. The van der Waals surface area contributed by atoms with Crippen molar-refractivity contribution in [3.05, 3.63) is 18.6 Å². The second-order valence-electron chi connectivity index (χ2n) is 1.59. The Morgan fingerprint density at radius 2 is 2.25 bits per heavy atom. The molecule has 0 unspecified atom stereocenters. The summed E-state index contributed by atoms with van der Waals surface area (Å²) in [4.78, 5) is 0. The Balaban J connectivity index is 0.000000222. The molecule has 1 aliphatic carbocycles. The minimum atomic E-state index is 1.19. The van der Waals surface area contributed by atoms with Crippen molar-refractivity contribution in [1.29, 1.82) is 0 Å². The standard InChI is InChI=1S/C6H9.BrH.Zn/c1-2-4-6-5-3-1;;/h1-3H,4-6H2;1H;/q-1;;+2/p-1. The zero-order chi connectivity index (χ0) is 6.24. The normalized spacial score (nSPS) is 15.9. The monoisotopic (exact) mass is 224 g/mol. The number of halogens is 1. The number of hydrogen-bond donors (Lipinski definition) is 0. The summed E-state index contributed by atoms with van der Waals surface area (Å²) in [5.74, 6) is 0. The van der Waals surface area contributed by atoms with E-state index in [0.29, 0.717) is 0 Å². The van der Waals surface area contributed by atoms with Gasteiger partial charge in [0, 0.05) is 0 Å². The van der Waals surface area contributed by atoms with Crippen LogP contribution in [0.2, 0.25) is 0 Å². The van der Waals surface area contributed by atoms with E-state index in [0.717, 1.165) is 0 Å². The molecule has 0 fully saturated rings. The Kier molecular flexibility index (Phi) is 8.40. The second kappa shape index (κ2) is 7.71. The third-order valence-corrected chi connectivity index (χ3v) is 1.01. The van der Waals surface area contributed by atoms with Crippen molar-refractivity contribution in [2.75, 3.05) is 0 Å². The van der Waals surface area contributed by atoms with Crippen LogP contribution in [0.25, 0.3) is 0 Å². The summed E-state index contributed by atoms with van der Waals surface area (Å²) in [5.41, 5.74) is 0. The van der Waals surface area contributed by atoms with Crippen molar-refractivity contribution in [3.8, 4) is 0 Å². The van der Waals surface area contributed by atoms with Crippen LogP contribution in [0.3, 0.4) is 0 Å². The third kappa shape index (κ3) is 4.86. The average Bonchev–Trinajstić information content (AvgIpc) is 1.96. The van der Waals surface area contributed by atoms with E-state index in [4.69, 9.17) is 0 Å². The van der Waals surface area contributed by atoms with Gasteiger partial charge in [-0.2, -0.15) is 0 Å². The maximum atomic E-state index is 3.06.